The third kappa shape index (κ3) is 3.85. The minimum atomic E-state index is -3.63. The van der Waals surface area contributed by atoms with E-state index in [0.717, 1.165) is 11.3 Å². The summed E-state index contributed by atoms with van der Waals surface area (Å²) in [6, 6.07) is 9.59. The average molecular weight is 407 g/mol. The second kappa shape index (κ2) is 7.44. The van der Waals surface area contributed by atoms with Gasteiger partial charge in [0.05, 0.1) is 15.4 Å². The number of aryl methyl sites for hydroxylation is 1. The fourth-order valence-corrected chi connectivity index (χ4v) is 3.96. The summed E-state index contributed by atoms with van der Waals surface area (Å²) in [4.78, 5) is 24.8. The van der Waals surface area contributed by atoms with Gasteiger partial charge >= 0.3 is 0 Å². The zero-order valence-corrected chi connectivity index (χ0v) is 16.3. The van der Waals surface area contributed by atoms with Crippen LogP contribution in [0, 0.1) is 6.92 Å². The monoisotopic (exact) mass is 407 g/mol. The van der Waals surface area contributed by atoms with Gasteiger partial charge in [-0.15, -0.1) is 0 Å². The molecule has 4 rings (SSSR count). The molecule has 3 heterocycles. The average Bonchev–Trinajstić information content (AvgIpc) is 3.20. The second-order valence-corrected chi connectivity index (χ2v) is 8.39. The highest BCUT2D eigenvalue weighted by atomic mass is 32.2. The van der Waals surface area contributed by atoms with Crippen molar-refractivity contribution in [3.05, 3.63) is 84.2 Å². The van der Waals surface area contributed by atoms with E-state index in [1.807, 2.05) is 0 Å². The van der Waals surface area contributed by atoms with Gasteiger partial charge in [-0.3, -0.25) is 14.2 Å². The molecule has 3 aromatic heterocycles. The molecule has 8 nitrogen and oxygen atoms in total. The van der Waals surface area contributed by atoms with Crippen molar-refractivity contribution < 1.29 is 13.2 Å². The zero-order chi connectivity index (χ0) is 20.4. The summed E-state index contributed by atoms with van der Waals surface area (Å²) in [7, 11) is -3.63. The van der Waals surface area contributed by atoms with Crippen LogP contribution in [0.5, 0.6) is 0 Å². The van der Waals surface area contributed by atoms with Gasteiger partial charge in [0.1, 0.15) is 0 Å². The standard InChI is InChI=1S/C20H17N5O3S/c1-14-2-5-18(12-22-14)29(27,28)17-6-3-15(4-7-17)10-23-19(26)16-11-24-20-21-8-9-25(20)13-16/h2-9,11-13H,10H2,1H3,(H,23,26). The van der Waals surface area contributed by atoms with Gasteiger partial charge in [0, 0.05) is 43.2 Å². The van der Waals surface area contributed by atoms with Crippen molar-refractivity contribution in [1.82, 2.24) is 24.7 Å². The van der Waals surface area contributed by atoms with Crippen molar-refractivity contribution in [2.75, 3.05) is 0 Å². The summed E-state index contributed by atoms with van der Waals surface area (Å²) in [5.41, 5.74) is 1.93. The summed E-state index contributed by atoms with van der Waals surface area (Å²) < 4.78 is 27.0. The molecule has 0 radical (unpaired) electrons. The van der Waals surface area contributed by atoms with Crippen LogP contribution in [0.4, 0.5) is 0 Å². The summed E-state index contributed by atoms with van der Waals surface area (Å²) in [5.74, 6) is 0.234. The number of nitrogens with zero attached hydrogens (tertiary/aromatic N) is 4. The number of fused-ring (bicyclic) bond motifs is 1. The third-order valence-corrected chi connectivity index (χ3v) is 6.14. The molecule has 0 saturated carbocycles. The summed E-state index contributed by atoms with van der Waals surface area (Å²) >= 11 is 0. The molecule has 0 aliphatic heterocycles. The van der Waals surface area contributed by atoms with Crippen LogP contribution in [0.15, 0.2) is 77.2 Å². The molecule has 0 spiro atoms. The minimum Gasteiger partial charge on any atom is -0.348 e. The lowest BCUT2D eigenvalue weighted by Crippen LogP contribution is -2.23. The highest BCUT2D eigenvalue weighted by Gasteiger charge is 2.18. The van der Waals surface area contributed by atoms with Crippen molar-refractivity contribution in [2.45, 2.75) is 23.3 Å². The number of pyridine rings is 1. The molecule has 0 saturated heterocycles. The maximum atomic E-state index is 12.7. The Kier molecular flexibility index (Phi) is 4.81. The van der Waals surface area contributed by atoms with E-state index in [9.17, 15) is 13.2 Å². The number of rotatable bonds is 5. The number of sulfone groups is 1. The molecular formula is C20H17N5O3S. The summed E-state index contributed by atoms with van der Waals surface area (Å²) in [6.07, 6.45) is 7.77. The first-order chi connectivity index (χ1) is 13.9. The molecule has 0 fully saturated rings. The van der Waals surface area contributed by atoms with Gasteiger partial charge in [-0.1, -0.05) is 12.1 Å². The Morgan fingerprint density at radius 3 is 2.48 bits per heavy atom. The Hall–Kier alpha value is -3.59. The van der Waals surface area contributed by atoms with Crippen molar-refractivity contribution >= 4 is 21.5 Å². The smallest absolute Gasteiger partial charge is 0.254 e. The van der Waals surface area contributed by atoms with E-state index in [1.165, 1.54) is 30.6 Å². The lowest BCUT2D eigenvalue weighted by Gasteiger charge is -2.08. The van der Waals surface area contributed by atoms with Crippen molar-refractivity contribution in [2.24, 2.45) is 0 Å². The van der Waals surface area contributed by atoms with Crippen LogP contribution in [0.1, 0.15) is 21.6 Å². The highest BCUT2D eigenvalue weighted by molar-refractivity contribution is 7.91. The molecule has 0 unspecified atom stereocenters. The topological polar surface area (TPSA) is 106 Å². The Labute approximate surface area is 167 Å². The fraction of sp³-hybridized carbons (Fsp3) is 0.100. The first kappa shape index (κ1) is 18.8. The zero-order valence-electron chi connectivity index (χ0n) is 15.5. The first-order valence-corrected chi connectivity index (χ1v) is 10.3. The molecule has 9 heteroatoms. The van der Waals surface area contributed by atoms with Gasteiger partial charge in [0.25, 0.3) is 5.91 Å². The van der Waals surface area contributed by atoms with E-state index in [1.54, 1.807) is 48.1 Å². The van der Waals surface area contributed by atoms with Crippen molar-refractivity contribution in [3.8, 4) is 0 Å². The molecule has 146 valence electrons. The maximum absolute atomic E-state index is 12.7. The van der Waals surface area contributed by atoms with Gasteiger partial charge in [0.2, 0.25) is 15.6 Å². The van der Waals surface area contributed by atoms with Crippen molar-refractivity contribution in [3.63, 3.8) is 0 Å². The number of imidazole rings is 1. The molecule has 0 bridgehead atoms. The Balaban J connectivity index is 1.45. The number of amides is 1. The van der Waals surface area contributed by atoms with Crippen LogP contribution in [0.2, 0.25) is 0 Å². The van der Waals surface area contributed by atoms with Crippen LogP contribution in [0.25, 0.3) is 5.78 Å². The first-order valence-electron chi connectivity index (χ1n) is 8.77. The van der Waals surface area contributed by atoms with Crippen LogP contribution >= 0.6 is 0 Å². The van der Waals surface area contributed by atoms with Gasteiger partial charge in [-0.25, -0.2) is 18.4 Å². The normalized spacial score (nSPS) is 11.5. The van der Waals surface area contributed by atoms with E-state index < -0.39 is 9.84 Å². The number of hydrogen-bond acceptors (Lipinski definition) is 6. The van der Waals surface area contributed by atoms with Gasteiger partial charge < -0.3 is 5.32 Å². The largest absolute Gasteiger partial charge is 0.348 e. The van der Waals surface area contributed by atoms with E-state index >= 15 is 0 Å². The van der Waals surface area contributed by atoms with Gasteiger partial charge in [0.15, 0.2) is 0 Å². The molecule has 4 aromatic rings. The van der Waals surface area contributed by atoms with Crippen LogP contribution in [-0.4, -0.2) is 33.7 Å². The fourth-order valence-electron chi connectivity index (χ4n) is 2.75. The SMILES string of the molecule is Cc1ccc(S(=O)(=O)c2ccc(CNC(=O)c3cnc4nccn4c3)cc2)cn1. The molecule has 0 atom stereocenters. The molecule has 0 aliphatic rings. The molecule has 1 N–H and O–H groups in total. The molecule has 29 heavy (non-hydrogen) atoms. The van der Waals surface area contributed by atoms with E-state index in [0.29, 0.717) is 11.3 Å². The summed E-state index contributed by atoms with van der Waals surface area (Å²) in [5, 5.41) is 2.80. The van der Waals surface area contributed by atoms with Crippen LogP contribution in [0.3, 0.4) is 0 Å². The molecule has 1 aromatic carbocycles. The van der Waals surface area contributed by atoms with Crippen LogP contribution in [-0.2, 0) is 16.4 Å². The summed E-state index contributed by atoms with van der Waals surface area (Å²) in [6.45, 7) is 2.05. The Morgan fingerprint density at radius 2 is 1.76 bits per heavy atom. The number of benzene rings is 1. The van der Waals surface area contributed by atoms with E-state index in [4.69, 9.17) is 0 Å². The lowest BCUT2D eigenvalue weighted by molar-refractivity contribution is 0.0950. The third-order valence-electron chi connectivity index (χ3n) is 4.39. The van der Waals surface area contributed by atoms with Crippen molar-refractivity contribution in [1.29, 1.82) is 0 Å². The number of nitrogens with one attached hydrogen (secondary N) is 1. The Morgan fingerprint density at radius 1 is 1.00 bits per heavy atom. The number of hydrogen-bond donors (Lipinski definition) is 1. The number of aromatic nitrogens is 4. The van der Waals surface area contributed by atoms with E-state index in [2.05, 4.69) is 20.3 Å². The van der Waals surface area contributed by atoms with Gasteiger partial charge in [-0.2, -0.15) is 0 Å². The predicted molar refractivity (Wildman–Crippen MR) is 105 cm³/mol. The lowest BCUT2D eigenvalue weighted by atomic mass is 10.2. The predicted octanol–water partition coefficient (Wildman–Crippen LogP) is 2.20. The number of carbonyl (C=O) groups is 1. The molecule has 1 amide bonds. The number of carbonyl (C=O) groups excluding carboxylic acids is 1. The minimum absolute atomic E-state index is 0.145. The van der Waals surface area contributed by atoms with Gasteiger partial charge in [-0.05, 0) is 36.8 Å². The highest BCUT2D eigenvalue weighted by Crippen LogP contribution is 2.20. The van der Waals surface area contributed by atoms with E-state index in [-0.39, 0.29) is 22.2 Å². The van der Waals surface area contributed by atoms with Crippen LogP contribution < -0.4 is 5.32 Å². The second-order valence-electron chi connectivity index (χ2n) is 6.44. The molecular weight excluding hydrogens is 390 g/mol. The maximum Gasteiger partial charge on any atom is 0.254 e. The Bertz CT molecular complexity index is 1280. The quantitative estimate of drug-likeness (QED) is 0.544. The molecule has 0 aliphatic carbocycles.